The summed E-state index contributed by atoms with van der Waals surface area (Å²) in [6.45, 7) is 2.48. The van der Waals surface area contributed by atoms with Crippen molar-refractivity contribution in [2.45, 2.75) is 25.8 Å². The Morgan fingerprint density at radius 3 is 2.66 bits per heavy atom. The van der Waals surface area contributed by atoms with E-state index >= 15 is 0 Å². The van der Waals surface area contributed by atoms with Crippen LogP contribution in [0.3, 0.4) is 0 Å². The Hall–Kier alpha value is -3.92. The highest BCUT2D eigenvalue weighted by Gasteiger charge is 2.36. The molecule has 3 heterocycles. The molecule has 180 valence electrons. The Labute approximate surface area is 206 Å². The van der Waals surface area contributed by atoms with Crippen molar-refractivity contribution < 1.29 is 18.8 Å². The first-order valence-corrected chi connectivity index (χ1v) is 11.4. The van der Waals surface area contributed by atoms with E-state index in [1.165, 1.54) is 24.3 Å². The van der Waals surface area contributed by atoms with Gasteiger partial charge in [-0.25, -0.2) is 0 Å². The van der Waals surface area contributed by atoms with Crippen molar-refractivity contribution in [2.24, 2.45) is 0 Å². The van der Waals surface area contributed by atoms with Gasteiger partial charge in [-0.05, 0) is 44.0 Å². The average molecular weight is 495 g/mol. The summed E-state index contributed by atoms with van der Waals surface area (Å²) in [6.07, 6.45) is 4.58. The number of amides is 1. The van der Waals surface area contributed by atoms with Gasteiger partial charge >= 0.3 is 0 Å². The molecule has 0 aliphatic carbocycles. The molecule has 0 spiro atoms. The van der Waals surface area contributed by atoms with E-state index in [-0.39, 0.29) is 11.9 Å². The van der Waals surface area contributed by atoms with Crippen LogP contribution in [0.15, 0.2) is 47.2 Å². The molecule has 1 aliphatic heterocycles. The predicted molar refractivity (Wildman–Crippen MR) is 127 cm³/mol. The first kappa shape index (κ1) is 22.9. The van der Waals surface area contributed by atoms with Gasteiger partial charge < -0.3 is 18.9 Å². The summed E-state index contributed by atoms with van der Waals surface area (Å²) in [6, 6.07) is 8.54. The molecule has 35 heavy (non-hydrogen) atoms. The fraction of sp³-hybridized carbons (Fsp3) is 0.292. The van der Waals surface area contributed by atoms with E-state index in [2.05, 4.69) is 20.3 Å². The molecule has 1 atom stereocenters. The van der Waals surface area contributed by atoms with Crippen molar-refractivity contribution in [1.29, 1.82) is 0 Å². The summed E-state index contributed by atoms with van der Waals surface area (Å²) in [5, 5.41) is 12.9. The Morgan fingerprint density at radius 1 is 1.14 bits per heavy atom. The quantitative estimate of drug-likeness (QED) is 0.391. The molecule has 0 saturated carbocycles. The van der Waals surface area contributed by atoms with Crippen LogP contribution in [0.1, 0.15) is 40.6 Å². The molecule has 2 aromatic carbocycles. The highest BCUT2D eigenvalue weighted by atomic mass is 35.5. The van der Waals surface area contributed by atoms with Crippen molar-refractivity contribution in [2.75, 3.05) is 20.8 Å². The number of carbonyl (C=O) groups is 1. The van der Waals surface area contributed by atoms with Gasteiger partial charge in [0.1, 0.15) is 17.2 Å². The average Bonchev–Trinajstić information content (AvgIpc) is 3.65. The van der Waals surface area contributed by atoms with Crippen LogP contribution in [0, 0.1) is 6.92 Å². The second kappa shape index (κ2) is 9.38. The molecule has 1 aliphatic rings. The summed E-state index contributed by atoms with van der Waals surface area (Å²) in [5.74, 6) is 1.73. The standard InChI is InChI=1S/C24H23ClN6O4/c1-14-15(6-4-8-20(14)33-2)23-28-22(29-35-23)18-7-5-11-30(18)24(32)16-12-21(34-3)17(25)13-19(16)31-26-9-10-27-31/h4,6,8-10,12-13,18H,5,7,11H2,1-3H3/t18-/m0/s1. The fourth-order valence-electron chi connectivity index (χ4n) is 4.36. The molecule has 11 heteroatoms. The molecule has 2 aromatic heterocycles. The molecular weight excluding hydrogens is 472 g/mol. The molecule has 1 saturated heterocycles. The van der Waals surface area contributed by atoms with Gasteiger partial charge in [0.15, 0.2) is 5.82 Å². The Kier molecular flexibility index (Phi) is 6.12. The molecule has 1 fully saturated rings. The van der Waals surface area contributed by atoms with Crippen LogP contribution in [-0.4, -0.2) is 56.7 Å². The molecule has 0 bridgehead atoms. The maximum Gasteiger partial charge on any atom is 0.258 e. The zero-order chi connectivity index (χ0) is 24.5. The Balaban J connectivity index is 1.49. The van der Waals surface area contributed by atoms with E-state index in [1.807, 2.05) is 25.1 Å². The minimum atomic E-state index is -0.342. The number of likely N-dealkylation sites (tertiary alicyclic amines) is 1. The van der Waals surface area contributed by atoms with Gasteiger partial charge in [-0.2, -0.15) is 20.0 Å². The lowest BCUT2D eigenvalue weighted by atomic mass is 10.1. The third-order valence-electron chi connectivity index (χ3n) is 6.12. The lowest BCUT2D eigenvalue weighted by Crippen LogP contribution is -2.32. The normalized spacial score (nSPS) is 15.4. The number of hydrogen-bond acceptors (Lipinski definition) is 8. The van der Waals surface area contributed by atoms with Crippen LogP contribution in [0.2, 0.25) is 5.02 Å². The zero-order valence-corrected chi connectivity index (χ0v) is 20.2. The second-order valence-electron chi connectivity index (χ2n) is 8.07. The number of methoxy groups -OCH3 is 2. The second-order valence-corrected chi connectivity index (χ2v) is 8.48. The minimum absolute atomic E-state index is 0.223. The number of benzene rings is 2. The zero-order valence-electron chi connectivity index (χ0n) is 19.4. The number of ether oxygens (including phenoxy) is 2. The van der Waals surface area contributed by atoms with E-state index in [0.29, 0.717) is 46.7 Å². The molecule has 5 rings (SSSR count). The van der Waals surface area contributed by atoms with Crippen LogP contribution < -0.4 is 9.47 Å². The Bertz CT molecular complexity index is 1370. The summed E-state index contributed by atoms with van der Waals surface area (Å²) in [4.78, 5) is 21.5. The van der Waals surface area contributed by atoms with Gasteiger partial charge in [0.25, 0.3) is 11.8 Å². The first-order chi connectivity index (χ1) is 17.0. The summed E-state index contributed by atoms with van der Waals surface area (Å²) in [5.41, 5.74) is 2.50. The summed E-state index contributed by atoms with van der Waals surface area (Å²) in [7, 11) is 3.12. The SMILES string of the molecule is COc1cc(C(=O)N2CCC[C@H]2c2noc(-c3cccc(OC)c3C)n2)c(-n2nccn2)cc1Cl. The molecular formula is C24H23ClN6O4. The van der Waals surface area contributed by atoms with Gasteiger partial charge in [-0.3, -0.25) is 4.79 Å². The van der Waals surface area contributed by atoms with Crippen LogP contribution >= 0.6 is 11.6 Å². The van der Waals surface area contributed by atoms with Crippen molar-refractivity contribution in [3.05, 3.63) is 64.7 Å². The molecule has 1 amide bonds. The lowest BCUT2D eigenvalue weighted by molar-refractivity contribution is 0.0727. The van der Waals surface area contributed by atoms with E-state index in [0.717, 1.165) is 23.3 Å². The first-order valence-electron chi connectivity index (χ1n) is 11.0. The van der Waals surface area contributed by atoms with Gasteiger partial charge in [0.2, 0.25) is 0 Å². The maximum atomic E-state index is 13.8. The van der Waals surface area contributed by atoms with Crippen LogP contribution in [0.25, 0.3) is 17.1 Å². The number of carbonyl (C=O) groups excluding carboxylic acids is 1. The molecule has 0 N–H and O–H groups in total. The van der Waals surface area contributed by atoms with Gasteiger partial charge in [0, 0.05) is 17.7 Å². The highest BCUT2D eigenvalue weighted by molar-refractivity contribution is 6.32. The Morgan fingerprint density at radius 2 is 1.91 bits per heavy atom. The van der Waals surface area contributed by atoms with Crippen LogP contribution in [-0.2, 0) is 0 Å². The van der Waals surface area contributed by atoms with Gasteiger partial charge in [0.05, 0.1) is 43.2 Å². The highest BCUT2D eigenvalue weighted by Crippen LogP contribution is 2.37. The molecule has 10 nitrogen and oxygen atoms in total. The largest absolute Gasteiger partial charge is 0.496 e. The smallest absolute Gasteiger partial charge is 0.258 e. The van der Waals surface area contributed by atoms with E-state index in [1.54, 1.807) is 24.1 Å². The van der Waals surface area contributed by atoms with Crippen molar-refractivity contribution in [1.82, 2.24) is 30.0 Å². The van der Waals surface area contributed by atoms with Gasteiger partial charge in [-0.15, -0.1) is 0 Å². The third-order valence-corrected chi connectivity index (χ3v) is 6.42. The molecule has 0 radical (unpaired) electrons. The maximum absolute atomic E-state index is 13.8. The van der Waals surface area contributed by atoms with Crippen molar-refractivity contribution in [3.63, 3.8) is 0 Å². The molecule has 0 unspecified atom stereocenters. The van der Waals surface area contributed by atoms with Gasteiger partial charge in [-0.1, -0.05) is 22.8 Å². The van der Waals surface area contributed by atoms with Crippen LogP contribution in [0.5, 0.6) is 11.5 Å². The van der Waals surface area contributed by atoms with E-state index < -0.39 is 0 Å². The monoisotopic (exact) mass is 494 g/mol. The number of hydrogen-bond donors (Lipinski definition) is 0. The predicted octanol–water partition coefficient (Wildman–Crippen LogP) is 4.27. The van der Waals surface area contributed by atoms with E-state index in [4.69, 9.17) is 25.6 Å². The number of aromatic nitrogens is 5. The van der Waals surface area contributed by atoms with Crippen molar-refractivity contribution >= 4 is 17.5 Å². The topological polar surface area (TPSA) is 108 Å². The van der Waals surface area contributed by atoms with Crippen LogP contribution in [0.4, 0.5) is 0 Å². The molecule has 4 aromatic rings. The minimum Gasteiger partial charge on any atom is -0.496 e. The number of nitrogens with zero attached hydrogens (tertiary/aromatic N) is 6. The fourth-order valence-corrected chi connectivity index (χ4v) is 4.59. The summed E-state index contributed by atoms with van der Waals surface area (Å²) < 4.78 is 16.4. The lowest BCUT2D eigenvalue weighted by Gasteiger charge is -2.23. The van der Waals surface area contributed by atoms with E-state index in [9.17, 15) is 4.79 Å². The number of halogens is 1. The summed E-state index contributed by atoms with van der Waals surface area (Å²) >= 11 is 6.34. The third kappa shape index (κ3) is 4.10. The van der Waals surface area contributed by atoms with Crippen molar-refractivity contribution in [3.8, 4) is 28.6 Å². The number of rotatable bonds is 6.